The summed E-state index contributed by atoms with van der Waals surface area (Å²) in [6.07, 6.45) is 0.439. The van der Waals surface area contributed by atoms with Crippen molar-refractivity contribution in [1.82, 2.24) is 10.2 Å². The van der Waals surface area contributed by atoms with Crippen LogP contribution in [0.2, 0.25) is 0 Å². The first-order chi connectivity index (χ1) is 17.7. The zero-order valence-electron chi connectivity index (χ0n) is 23.4. The molecule has 206 valence electrons. The lowest BCUT2D eigenvalue weighted by Gasteiger charge is -2.25. The third-order valence-corrected chi connectivity index (χ3v) is 6.42. The lowest BCUT2D eigenvalue weighted by molar-refractivity contribution is -0.131. The molecular weight excluding hydrogens is 464 g/mol. The van der Waals surface area contributed by atoms with E-state index in [9.17, 15) is 4.79 Å². The molecule has 5 N–H and O–H groups in total. The van der Waals surface area contributed by atoms with Gasteiger partial charge < -0.3 is 31.2 Å². The highest BCUT2D eigenvalue weighted by Gasteiger charge is 2.18. The monoisotopic (exact) mass is 512 g/mol. The van der Waals surface area contributed by atoms with Crippen LogP contribution < -0.4 is 26.3 Å². The molecule has 2 rings (SSSR count). The Bertz CT molecular complexity index is 839. The van der Waals surface area contributed by atoms with Crippen LogP contribution >= 0.6 is 0 Å². The molecule has 0 fully saturated rings. The average molecular weight is 513 g/mol. The SMILES string of the molecule is CC(CNC(COc1ccc(C(C)C)cc1)COc1ccc(C(C)C)cc1)CC(=O)N(CCN)CCN. The number of hydrogen-bond acceptors (Lipinski definition) is 6. The Kier molecular flexibility index (Phi) is 13.5. The molecule has 7 heteroatoms. The highest BCUT2D eigenvalue weighted by Crippen LogP contribution is 2.20. The van der Waals surface area contributed by atoms with E-state index in [1.54, 1.807) is 4.90 Å². The number of amides is 1. The molecular formula is C30H48N4O3. The molecule has 1 amide bonds. The van der Waals surface area contributed by atoms with Gasteiger partial charge in [0, 0.05) is 32.6 Å². The summed E-state index contributed by atoms with van der Waals surface area (Å²) in [6, 6.07) is 16.5. The molecule has 1 atom stereocenters. The van der Waals surface area contributed by atoms with Crippen LogP contribution in [-0.2, 0) is 4.79 Å². The van der Waals surface area contributed by atoms with Crippen molar-refractivity contribution in [3.63, 3.8) is 0 Å². The Hall–Kier alpha value is -2.61. The van der Waals surface area contributed by atoms with E-state index in [-0.39, 0.29) is 17.9 Å². The van der Waals surface area contributed by atoms with E-state index in [1.165, 1.54) is 11.1 Å². The van der Waals surface area contributed by atoms with Gasteiger partial charge in [0.05, 0.1) is 6.04 Å². The zero-order valence-corrected chi connectivity index (χ0v) is 23.4. The minimum Gasteiger partial charge on any atom is -0.492 e. The number of carbonyl (C=O) groups excluding carboxylic acids is 1. The number of carbonyl (C=O) groups is 1. The van der Waals surface area contributed by atoms with Crippen molar-refractivity contribution >= 4 is 5.91 Å². The number of nitrogens with one attached hydrogen (secondary N) is 1. The quantitative estimate of drug-likeness (QED) is 0.295. The van der Waals surface area contributed by atoms with E-state index in [2.05, 4.69) is 64.2 Å². The van der Waals surface area contributed by atoms with Crippen LogP contribution in [0.25, 0.3) is 0 Å². The maximum Gasteiger partial charge on any atom is 0.222 e. The molecule has 2 aromatic carbocycles. The fourth-order valence-electron chi connectivity index (χ4n) is 4.00. The van der Waals surface area contributed by atoms with Crippen LogP contribution in [0.1, 0.15) is 64.0 Å². The Morgan fingerprint density at radius 2 is 1.22 bits per heavy atom. The van der Waals surface area contributed by atoms with Crippen molar-refractivity contribution in [3.05, 3.63) is 59.7 Å². The molecule has 0 radical (unpaired) electrons. The summed E-state index contributed by atoms with van der Waals surface area (Å²) >= 11 is 0. The molecule has 37 heavy (non-hydrogen) atoms. The summed E-state index contributed by atoms with van der Waals surface area (Å²) in [6.45, 7) is 14.3. The first-order valence-electron chi connectivity index (χ1n) is 13.6. The Balaban J connectivity index is 1.97. The minimum atomic E-state index is -0.0451. The minimum absolute atomic E-state index is 0.0451. The Labute approximate surface area is 223 Å². The van der Waals surface area contributed by atoms with Crippen LogP contribution in [0.3, 0.4) is 0 Å². The topological polar surface area (TPSA) is 103 Å². The summed E-state index contributed by atoms with van der Waals surface area (Å²) in [7, 11) is 0. The second-order valence-electron chi connectivity index (χ2n) is 10.4. The number of nitrogens with two attached hydrogens (primary N) is 2. The molecule has 0 saturated carbocycles. The van der Waals surface area contributed by atoms with Gasteiger partial charge in [-0.3, -0.25) is 4.79 Å². The van der Waals surface area contributed by atoms with Crippen LogP contribution in [-0.4, -0.2) is 62.8 Å². The number of nitrogens with zero attached hydrogens (tertiary/aromatic N) is 1. The van der Waals surface area contributed by atoms with Crippen LogP contribution in [0.15, 0.2) is 48.5 Å². The van der Waals surface area contributed by atoms with E-state index < -0.39 is 0 Å². The predicted molar refractivity (Wildman–Crippen MR) is 152 cm³/mol. The summed E-state index contributed by atoms with van der Waals surface area (Å²) in [5, 5.41) is 3.56. The molecule has 7 nitrogen and oxygen atoms in total. The lowest BCUT2D eigenvalue weighted by atomic mass is 10.0. The van der Waals surface area contributed by atoms with Gasteiger partial charge in [0.1, 0.15) is 24.7 Å². The highest BCUT2D eigenvalue weighted by molar-refractivity contribution is 5.76. The molecule has 0 bridgehead atoms. The molecule has 1 unspecified atom stereocenters. The van der Waals surface area contributed by atoms with Gasteiger partial charge in [-0.2, -0.15) is 0 Å². The molecule has 0 spiro atoms. The van der Waals surface area contributed by atoms with E-state index >= 15 is 0 Å². The van der Waals surface area contributed by atoms with Crippen LogP contribution in [0, 0.1) is 5.92 Å². The van der Waals surface area contributed by atoms with Crippen molar-refractivity contribution in [2.24, 2.45) is 17.4 Å². The Morgan fingerprint density at radius 3 is 1.59 bits per heavy atom. The number of benzene rings is 2. The standard InChI is InChI=1S/C30H48N4O3/c1-22(2)25-6-10-28(11-7-25)36-20-27(21-37-29-12-8-26(9-13-29)23(3)4)33-19-24(5)18-30(35)34(16-14-31)17-15-32/h6-13,22-24,27,33H,14-21,31-32H2,1-5H3. The second-order valence-corrected chi connectivity index (χ2v) is 10.4. The van der Waals surface area contributed by atoms with E-state index in [4.69, 9.17) is 20.9 Å². The fourth-order valence-corrected chi connectivity index (χ4v) is 4.00. The van der Waals surface area contributed by atoms with Gasteiger partial charge in [-0.1, -0.05) is 58.9 Å². The molecule has 0 aliphatic rings. The predicted octanol–water partition coefficient (Wildman–Crippen LogP) is 4.12. The van der Waals surface area contributed by atoms with E-state index in [0.29, 0.717) is 64.2 Å². The van der Waals surface area contributed by atoms with Gasteiger partial charge >= 0.3 is 0 Å². The highest BCUT2D eigenvalue weighted by atomic mass is 16.5. The zero-order chi connectivity index (χ0) is 27.2. The van der Waals surface area contributed by atoms with Crippen molar-refractivity contribution in [2.45, 2.75) is 58.9 Å². The molecule has 2 aromatic rings. The lowest BCUT2D eigenvalue weighted by Crippen LogP contribution is -2.43. The van der Waals surface area contributed by atoms with Crippen molar-refractivity contribution in [1.29, 1.82) is 0 Å². The van der Waals surface area contributed by atoms with Gasteiger partial charge in [0.25, 0.3) is 0 Å². The van der Waals surface area contributed by atoms with Gasteiger partial charge in [0.2, 0.25) is 5.91 Å². The normalized spacial score (nSPS) is 12.3. The summed E-state index contributed by atoms with van der Waals surface area (Å²) in [4.78, 5) is 14.4. The van der Waals surface area contributed by atoms with Crippen molar-refractivity contribution in [3.8, 4) is 11.5 Å². The molecule has 0 saturated heterocycles. The maximum atomic E-state index is 12.7. The molecule has 0 aliphatic carbocycles. The smallest absolute Gasteiger partial charge is 0.222 e. The van der Waals surface area contributed by atoms with Gasteiger partial charge in [-0.15, -0.1) is 0 Å². The second kappa shape index (κ2) is 16.3. The van der Waals surface area contributed by atoms with E-state index in [1.807, 2.05) is 24.3 Å². The maximum absolute atomic E-state index is 12.7. The average Bonchev–Trinajstić information content (AvgIpc) is 2.88. The first-order valence-corrected chi connectivity index (χ1v) is 13.6. The molecule has 0 heterocycles. The summed E-state index contributed by atoms with van der Waals surface area (Å²) < 4.78 is 12.2. The summed E-state index contributed by atoms with van der Waals surface area (Å²) in [5.74, 6) is 2.86. The van der Waals surface area contributed by atoms with Crippen molar-refractivity contribution < 1.29 is 14.3 Å². The van der Waals surface area contributed by atoms with E-state index in [0.717, 1.165) is 11.5 Å². The van der Waals surface area contributed by atoms with Crippen molar-refractivity contribution in [2.75, 3.05) is 45.9 Å². The number of rotatable bonds is 17. The van der Waals surface area contributed by atoms with Gasteiger partial charge in [0.15, 0.2) is 0 Å². The number of ether oxygens (including phenoxy) is 2. The fraction of sp³-hybridized carbons (Fsp3) is 0.567. The molecule has 0 aliphatic heterocycles. The third-order valence-electron chi connectivity index (χ3n) is 6.42. The summed E-state index contributed by atoms with van der Waals surface area (Å²) in [5.41, 5.74) is 13.9. The third kappa shape index (κ3) is 11.1. The largest absolute Gasteiger partial charge is 0.492 e. The number of hydrogen-bond donors (Lipinski definition) is 3. The van der Waals surface area contributed by atoms with Gasteiger partial charge in [-0.25, -0.2) is 0 Å². The van der Waals surface area contributed by atoms with Crippen LogP contribution in [0.4, 0.5) is 0 Å². The Morgan fingerprint density at radius 1 is 0.784 bits per heavy atom. The first kappa shape index (κ1) is 30.6. The van der Waals surface area contributed by atoms with Crippen LogP contribution in [0.5, 0.6) is 11.5 Å². The molecule has 0 aromatic heterocycles. The van der Waals surface area contributed by atoms with Gasteiger partial charge in [-0.05, 0) is 59.7 Å².